The van der Waals surface area contributed by atoms with Crippen molar-refractivity contribution >= 4 is 11.8 Å². The summed E-state index contributed by atoms with van der Waals surface area (Å²) in [7, 11) is 0. The molecule has 0 amide bonds. The van der Waals surface area contributed by atoms with Crippen molar-refractivity contribution in [3.63, 3.8) is 0 Å². The van der Waals surface area contributed by atoms with Gasteiger partial charge in [0.2, 0.25) is 0 Å². The number of esters is 1. The van der Waals surface area contributed by atoms with E-state index in [2.05, 4.69) is 10.4 Å². The SMILES string of the molecule is CCOC(=O)c1cnn2c1N[C@@H](C)C[C@@H]2C(F)F. The molecule has 7 heteroatoms. The Morgan fingerprint density at radius 3 is 3.06 bits per heavy atom. The van der Waals surface area contributed by atoms with Crippen molar-refractivity contribution in [2.75, 3.05) is 11.9 Å². The first-order valence-corrected chi connectivity index (χ1v) is 5.84. The van der Waals surface area contributed by atoms with Crippen molar-refractivity contribution < 1.29 is 18.3 Å². The number of halogens is 2. The van der Waals surface area contributed by atoms with Crippen molar-refractivity contribution in [2.24, 2.45) is 0 Å². The molecule has 0 unspecified atom stereocenters. The second-order valence-corrected chi connectivity index (χ2v) is 4.25. The minimum Gasteiger partial charge on any atom is -0.462 e. The topological polar surface area (TPSA) is 56.1 Å². The van der Waals surface area contributed by atoms with Crippen molar-refractivity contribution in [3.05, 3.63) is 11.8 Å². The van der Waals surface area contributed by atoms with Crippen molar-refractivity contribution in [2.45, 2.75) is 38.8 Å². The summed E-state index contributed by atoms with van der Waals surface area (Å²) in [5.41, 5.74) is 0.203. The Bertz CT molecular complexity index is 447. The van der Waals surface area contributed by atoms with Gasteiger partial charge in [0.05, 0.1) is 12.8 Å². The van der Waals surface area contributed by atoms with E-state index in [1.165, 1.54) is 10.9 Å². The van der Waals surface area contributed by atoms with Crippen LogP contribution in [-0.4, -0.2) is 34.8 Å². The molecule has 5 nitrogen and oxygen atoms in total. The zero-order valence-corrected chi connectivity index (χ0v) is 10.2. The van der Waals surface area contributed by atoms with Gasteiger partial charge in [-0.3, -0.25) is 0 Å². The van der Waals surface area contributed by atoms with Gasteiger partial charge in [0.25, 0.3) is 6.43 Å². The molecule has 0 aliphatic carbocycles. The monoisotopic (exact) mass is 259 g/mol. The molecule has 1 N–H and O–H groups in total. The molecule has 0 saturated heterocycles. The first-order chi connectivity index (χ1) is 8.54. The number of anilines is 1. The zero-order valence-electron chi connectivity index (χ0n) is 10.2. The number of hydrogen-bond acceptors (Lipinski definition) is 4. The lowest BCUT2D eigenvalue weighted by molar-refractivity contribution is 0.0522. The number of nitrogens with one attached hydrogen (secondary N) is 1. The number of rotatable bonds is 3. The van der Waals surface area contributed by atoms with Crippen LogP contribution in [-0.2, 0) is 4.74 Å². The maximum atomic E-state index is 12.9. The molecule has 0 aromatic carbocycles. The number of aromatic nitrogens is 2. The third-order valence-electron chi connectivity index (χ3n) is 2.87. The fourth-order valence-corrected chi connectivity index (χ4v) is 2.08. The van der Waals surface area contributed by atoms with Crippen LogP contribution in [0.4, 0.5) is 14.6 Å². The van der Waals surface area contributed by atoms with Crippen LogP contribution in [0.3, 0.4) is 0 Å². The maximum absolute atomic E-state index is 12.9. The molecule has 0 bridgehead atoms. The van der Waals surface area contributed by atoms with Gasteiger partial charge in [-0.05, 0) is 20.3 Å². The lowest BCUT2D eigenvalue weighted by atomic mass is 10.1. The summed E-state index contributed by atoms with van der Waals surface area (Å²) < 4.78 is 31.9. The third-order valence-corrected chi connectivity index (χ3v) is 2.87. The van der Waals surface area contributed by atoms with Crippen LogP contribution in [0.25, 0.3) is 0 Å². The molecule has 0 radical (unpaired) electrons. The standard InChI is InChI=1S/C11H15F2N3O2/c1-3-18-11(17)7-5-14-16-8(9(12)13)4-6(2)15-10(7)16/h5-6,8-9,15H,3-4H2,1-2H3/t6-,8+/m0/s1. The Hall–Kier alpha value is -1.66. The summed E-state index contributed by atoms with van der Waals surface area (Å²) in [6, 6.07) is -1.14. The minimum atomic E-state index is -2.51. The number of carbonyl (C=O) groups is 1. The Morgan fingerprint density at radius 1 is 1.72 bits per heavy atom. The summed E-state index contributed by atoms with van der Waals surface area (Å²) in [4.78, 5) is 11.7. The largest absolute Gasteiger partial charge is 0.462 e. The Balaban J connectivity index is 2.36. The molecule has 2 rings (SSSR count). The van der Waals surface area contributed by atoms with Gasteiger partial charge in [-0.15, -0.1) is 0 Å². The number of carbonyl (C=O) groups excluding carboxylic acids is 1. The number of ether oxygens (including phenoxy) is 1. The van der Waals surface area contributed by atoms with E-state index in [0.29, 0.717) is 5.82 Å². The normalized spacial score (nSPS) is 22.5. The fourth-order valence-electron chi connectivity index (χ4n) is 2.08. The highest BCUT2D eigenvalue weighted by Gasteiger charge is 2.34. The average molecular weight is 259 g/mol. The van der Waals surface area contributed by atoms with Crippen molar-refractivity contribution in [1.82, 2.24) is 9.78 Å². The molecule has 2 heterocycles. The van der Waals surface area contributed by atoms with Crippen molar-refractivity contribution in [3.8, 4) is 0 Å². The van der Waals surface area contributed by atoms with Gasteiger partial charge in [-0.2, -0.15) is 5.10 Å². The van der Waals surface area contributed by atoms with Crippen LogP contribution in [0.5, 0.6) is 0 Å². The number of fused-ring (bicyclic) bond motifs is 1. The predicted octanol–water partition coefficient (Wildman–Crippen LogP) is 2.07. The van der Waals surface area contributed by atoms with Gasteiger partial charge >= 0.3 is 5.97 Å². The smallest absolute Gasteiger partial charge is 0.343 e. The van der Waals surface area contributed by atoms with Gasteiger partial charge in [0.1, 0.15) is 17.4 Å². The Morgan fingerprint density at radius 2 is 2.44 bits per heavy atom. The van der Waals surface area contributed by atoms with E-state index >= 15 is 0 Å². The Kier molecular flexibility index (Phi) is 3.49. The number of hydrogen-bond donors (Lipinski definition) is 1. The summed E-state index contributed by atoms with van der Waals surface area (Å²) >= 11 is 0. The molecule has 1 aromatic rings. The molecule has 1 aromatic heterocycles. The molecule has 100 valence electrons. The predicted molar refractivity (Wildman–Crippen MR) is 60.9 cm³/mol. The molecule has 1 aliphatic heterocycles. The molecule has 18 heavy (non-hydrogen) atoms. The highest BCUT2D eigenvalue weighted by atomic mass is 19.3. The van der Waals surface area contributed by atoms with Gasteiger partial charge in [0.15, 0.2) is 0 Å². The second kappa shape index (κ2) is 4.91. The average Bonchev–Trinajstić information content (AvgIpc) is 2.71. The second-order valence-electron chi connectivity index (χ2n) is 4.25. The van der Waals surface area contributed by atoms with E-state index in [1.807, 2.05) is 0 Å². The minimum absolute atomic E-state index is 0.138. The van der Waals surface area contributed by atoms with Crippen LogP contribution in [0.15, 0.2) is 6.20 Å². The van der Waals surface area contributed by atoms with E-state index in [-0.39, 0.29) is 24.6 Å². The first-order valence-electron chi connectivity index (χ1n) is 5.84. The maximum Gasteiger partial charge on any atom is 0.343 e. The lowest BCUT2D eigenvalue weighted by Gasteiger charge is -2.30. The summed E-state index contributed by atoms with van der Waals surface area (Å²) in [5.74, 6) is -0.231. The van der Waals surface area contributed by atoms with Gasteiger partial charge in [-0.25, -0.2) is 18.3 Å². The molecule has 1 aliphatic rings. The molecule has 0 saturated carbocycles. The molecular formula is C11H15F2N3O2. The van der Waals surface area contributed by atoms with E-state index in [0.717, 1.165) is 0 Å². The fraction of sp³-hybridized carbons (Fsp3) is 0.636. The van der Waals surface area contributed by atoms with Crippen molar-refractivity contribution in [1.29, 1.82) is 0 Å². The van der Waals surface area contributed by atoms with E-state index in [9.17, 15) is 13.6 Å². The first kappa shape index (κ1) is 12.8. The number of nitrogens with zero attached hydrogens (tertiary/aromatic N) is 2. The summed E-state index contributed by atoms with van der Waals surface area (Å²) in [6.45, 7) is 3.71. The number of alkyl halides is 2. The van der Waals surface area contributed by atoms with Gasteiger partial charge in [0, 0.05) is 6.04 Å². The van der Waals surface area contributed by atoms with E-state index in [1.54, 1.807) is 13.8 Å². The highest BCUT2D eigenvalue weighted by molar-refractivity contribution is 5.94. The molecular weight excluding hydrogens is 244 g/mol. The summed E-state index contributed by atoms with van der Waals surface area (Å²) in [6.07, 6.45) is -0.967. The van der Waals surface area contributed by atoms with Crippen LogP contribution < -0.4 is 5.32 Å². The lowest BCUT2D eigenvalue weighted by Crippen LogP contribution is -2.34. The Labute approximate surface area is 103 Å². The van der Waals surface area contributed by atoms with Gasteiger partial charge < -0.3 is 10.1 Å². The van der Waals surface area contributed by atoms with Crippen LogP contribution in [0, 0.1) is 0 Å². The van der Waals surface area contributed by atoms with E-state index in [4.69, 9.17) is 4.74 Å². The zero-order chi connectivity index (χ0) is 13.3. The molecule has 0 spiro atoms. The summed E-state index contributed by atoms with van der Waals surface area (Å²) in [5, 5.41) is 6.87. The third kappa shape index (κ3) is 2.16. The van der Waals surface area contributed by atoms with Crippen LogP contribution in [0.1, 0.15) is 36.7 Å². The van der Waals surface area contributed by atoms with Crippen LogP contribution in [0.2, 0.25) is 0 Å². The quantitative estimate of drug-likeness (QED) is 0.844. The molecule has 0 fully saturated rings. The van der Waals surface area contributed by atoms with E-state index < -0.39 is 18.4 Å². The molecule has 2 atom stereocenters. The highest BCUT2D eigenvalue weighted by Crippen LogP contribution is 2.33. The van der Waals surface area contributed by atoms with Crippen LogP contribution >= 0.6 is 0 Å². The van der Waals surface area contributed by atoms with Gasteiger partial charge in [-0.1, -0.05) is 0 Å².